The second kappa shape index (κ2) is 8.56. The molecule has 2 aromatic carbocycles. The van der Waals surface area contributed by atoms with E-state index in [-0.39, 0.29) is 5.41 Å². The van der Waals surface area contributed by atoms with Crippen LogP contribution in [0.15, 0.2) is 42.5 Å². The van der Waals surface area contributed by atoms with Gasteiger partial charge in [0.1, 0.15) is 0 Å². The number of carbonyl (C=O) groups excluding carboxylic acids is 2. The molecule has 26 heavy (non-hydrogen) atoms. The van der Waals surface area contributed by atoms with Crippen molar-refractivity contribution in [2.75, 3.05) is 11.9 Å². The van der Waals surface area contributed by atoms with E-state index in [1.54, 1.807) is 24.3 Å². The molecule has 0 atom stereocenters. The summed E-state index contributed by atoms with van der Waals surface area (Å²) in [5, 5.41) is 6.39. The van der Waals surface area contributed by atoms with Crippen molar-refractivity contribution in [2.24, 2.45) is 0 Å². The normalized spacial score (nSPS) is 11.1. The van der Waals surface area contributed by atoms with Gasteiger partial charge < -0.3 is 10.6 Å². The van der Waals surface area contributed by atoms with Gasteiger partial charge in [-0.15, -0.1) is 0 Å². The zero-order valence-corrected chi connectivity index (χ0v) is 16.5. The highest BCUT2D eigenvalue weighted by molar-refractivity contribution is 6.39. The molecule has 2 amide bonds. The Hall–Kier alpha value is -2.04. The van der Waals surface area contributed by atoms with Crippen LogP contribution < -0.4 is 10.6 Å². The van der Waals surface area contributed by atoms with E-state index >= 15 is 0 Å². The standard InChI is InChI=1S/C20H22Cl2N2O2/c1-20(2,3)15-6-4-5-7-17(15)24-19(26)18(25)23-11-10-13-8-9-14(21)12-16(13)22/h4-9,12H,10-11H2,1-3H3,(H,23,25)(H,24,26). The average Bonchev–Trinajstić information content (AvgIpc) is 2.56. The van der Waals surface area contributed by atoms with Crippen molar-refractivity contribution in [2.45, 2.75) is 32.6 Å². The zero-order chi connectivity index (χ0) is 19.3. The van der Waals surface area contributed by atoms with Crippen LogP contribution in [0.2, 0.25) is 10.0 Å². The predicted molar refractivity (Wildman–Crippen MR) is 107 cm³/mol. The van der Waals surface area contributed by atoms with Crippen LogP contribution in [0.1, 0.15) is 31.9 Å². The summed E-state index contributed by atoms with van der Waals surface area (Å²) in [6.45, 7) is 6.45. The lowest BCUT2D eigenvalue weighted by Crippen LogP contribution is -2.37. The Morgan fingerprint density at radius 1 is 1.00 bits per heavy atom. The average molecular weight is 393 g/mol. The monoisotopic (exact) mass is 392 g/mol. The van der Waals surface area contributed by atoms with E-state index in [9.17, 15) is 9.59 Å². The van der Waals surface area contributed by atoms with Gasteiger partial charge in [-0.3, -0.25) is 9.59 Å². The molecule has 4 nitrogen and oxygen atoms in total. The minimum Gasteiger partial charge on any atom is -0.347 e. The lowest BCUT2D eigenvalue weighted by atomic mass is 9.86. The maximum Gasteiger partial charge on any atom is 0.313 e. The molecule has 0 aliphatic carbocycles. The van der Waals surface area contributed by atoms with E-state index in [1.807, 2.05) is 39.0 Å². The van der Waals surface area contributed by atoms with Gasteiger partial charge in [0, 0.05) is 22.3 Å². The van der Waals surface area contributed by atoms with Gasteiger partial charge in [-0.05, 0) is 41.2 Å². The van der Waals surface area contributed by atoms with Crippen LogP contribution in [0.4, 0.5) is 5.69 Å². The molecular weight excluding hydrogens is 371 g/mol. The molecule has 0 fully saturated rings. The smallest absolute Gasteiger partial charge is 0.313 e. The van der Waals surface area contributed by atoms with Crippen LogP contribution in [-0.4, -0.2) is 18.4 Å². The quantitative estimate of drug-likeness (QED) is 0.747. The minimum absolute atomic E-state index is 0.147. The van der Waals surface area contributed by atoms with Gasteiger partial charge in [0.15, 0.2) is 0 Å². The van der Waals surface area contributed by atoms with Crippen molar-refractivity contribution in [3.05, 3.63) is 63.6 Å². The number of para-hydroxylation sites is 1. The number of anilines is 1. The van der Waals surface area contributed by atoms with Gasteiger partial charge in [-0.2, -0.15) is 0 Å². The van der Waals surface area contributed by atoms with Gasteiger partial charge >= 0.3 is 11.8 Å². The van der Waals surface area contributed by atoms with E-state index in [0.29, 0.717) is 28.7 Å². The van der Waals surface area contributed by atoms with Gasteiger partial charge in [0.05, 0.1) is 0 Å². The molecule has 0 heterocycles. The second-order valence-electron chi connectivity index (χ2n) is 6.99. The summed E-state index contributed by atoms with van der Waals surface area (Å²) in [6, 6.07) is 12.7. The van der Waals surface area contributed by atoms with Crippen LogP contribution >= 0.6 is 23.2 Å². The third kappa shape index (κ3) is 5.48. The molecular formula is C20H22Cl2N2O2. The van der Waals surface area contributed by atoms with E-state index in [2.05, 4.69) is 10.6 Å². The number of rotatable bonds is 4. The van der Waals surface area contributed by atoms with E-state index in [0.717, 1.165) is 11.1 Å². The van der Waals surface area contributed by atoms with Crippen molar-refractivity contribution in [1.29, 1.82) is 0 Å². The molecule has 0 bridgehead atoms. The van der Waals surface area contributed by atoms with Crippen molar-refractivity contribution in [3.8, 4) is 0 Å². The third-order valence-corrected chi connectivity index (χ3v) is 4.47. The van der Waals surface area contributed by atoms with E-state index < -0.39 is 11.8 Å². The number of halogens is 2. The first-order chi connectivity index (χ1) is 12.2. The molecule has 6 heteroatoms. The topological polar surface area (TPSA) is 58.2 Å². The molecule has 0 saturated carbocycles. The van der Waals surface area contributed by atoms with Gasteiger partial charge in [-0.1, -0.05) is 68.2 Å². The summed E-state index contributed by atoms with van der Waals surface area (Å²) in [7, 11) is 0. The van der Waals surface area contributed by atoms with Gasteiger partial charge in [0.25, 0.3) is 0 Å². The summed E-state index contributed by atoms with van der Waals surface area (Å²) in [5.41, 5.74) is 2.32. The molecule has 138 valence electrons. The summed E-state index contributed by atoms with van der Waals surface area (Å²) in [6.07, 6.45) is 0.508. The molecule has 0 unspecified atom stereocenters. The number of nitrogens with one attached hydrogen (secondary N) is 2. The lowest BCUT2D eigenvalue weighted by Gasteiger charge is -2.22. The highest BCUT2D eigenvalue weighted by atomic mass is 35.5. The summed E-state index contributed by atoms with van der Waals surface area (Å²) >= 11 is 12.0. The fourth-order valence-corrected chi connectivity index (χ4v) is 3.04. The highest BCUT2D eigenvalue weighted by Crippen LogP contribution is 2.29. The Kier molecular flexibility index (Phi) is 6.68. The number of amides is 2. The molecule has 0 saturated heterocycles. The molecule has 0 spiro atoms. The van der Waals surface area contributed by atoms with Crippen LogP contribution in [0.5, 0.6) is 0 Å². The lowest BCUT2D eigenvalue weighted by molar-refractivity contribution is -0.136. The second-order valence-corrected chi connectivity index (χ2v) is 7.83. The number of benzene rings is 2. The zero-order valence-electron chi connectivity index (χ0n) is 15.0. The molecule has 0 radical (unpaired) electrons. The fourth-order valence-electron chi connectivity index (χ4n) is 2.54. The third-order valence-electron chi connectivity index (χ3n) is 3.88. The van der Waals surface area contributed by atoms with Crippen LogP contribution in [0, 0.1) is 0 Å². The Morgan fingerprint density at radius 3 is 2.35 bits per heavy atom. The van der Waals surface area contributed by atoms with E-state index in [1.165, 1.54) is 0 Å². The summed E-state index contributed by atoms with van der Waals surface area (Å²) in [5.74, 6) is -1.37. The predicted octanol–water partition coefficient (Wildman–Crippen LogP) is 4.59. The SMILES string of the molecule is CC(C)(C)c1ccccc1NC(=O)C(=O)NCCc1ccc(Cl)cc1Cl. The molecule has 2 rings (SSSR count). The van der Waals surface area contributed by atoms with Crippen LogP contribution in [-0.2, 0) is 21.4 Å². The van der Waals surface area contributed by atoms with E-state index in [4.69, 9.17) is 23.2 Å². The highest BCUT2D eigenvalue weighted by Gasteiger charge is 2.20. The molecule has 0 aromatic heterocycles. The van der Waals surface area contributed by atoms with Crippen molar-refractivity contribution >= 4 is 40.7 Å². The van der Waals surface area contributed by atoms with Crippen LogP contribution in [0.3, 0.4) is 0 Å². The van der Waals surface area contributed by atoms with Crippen LogP contribution in [0.25, 0.3) is 0 Å². The van der Waals surface area contributed by atoms with Gasteiger partial charge in [-0.25, -0.2) is 0 Å². The summed E-state index contributed by atoms with van der Waals surface area (Å²) in [4.78, 5) is 24.2. The Labute approximate surface area is 163 Å². The number of hydrogen-bond donors (Lipinski definition) is 2. The first kappa shape index (κ1) is 20.3. The first-order valence-electron chi connectivity index (χ1n) is 8.31. The van der Waals surface area contributed by atoms with Crippen molar-refractivity contribution < 1.29 is 9.59 Å². The number of hydrogen-bond acceptors (Lipinski definition) is 2. The van der Waals surface area contributed by atoms with Crippen molar-refractivity contribution in [3.63, 3.8) is 0 Å². The largest absolute Gasteiger partial charge is 0.347 e. The Balaban J connectivity index is 1.93. The summed E-state index contributed by atoms with van der Waals surface area (Å²) < 4.78 is 0. The maximum atomic E-state index is 12.2. The fraction of sp³-hybridized carbons (Fsp3) is 0.300. The molecule has 2 aromatic rings. The number of carbonyl (C=O) groups is 2. The molecule has 2 N–H and O–H groups in total. The minimum atomic E-state index is -0.691. The Bertz CT molecular complexity index is 814. The van der Waals surface area contributed by atoms with Crippen molar-refractivity contribution in [1.82, 2.24) is 5.32 Å². The first-order valence-corrected chi connectivity index (χ1v) is 9.06. The Morgan fingerprint density at radius 2 is 1.69 bits per heavy atom. The molecule has 0 aliphatic rings. The maximum absolute atomic E-state index is 12.2. The van der Waals surface area contributed by atoms with Gasteiger partial charge in [0.2, 0.25) is 0 Å². The molecule has 0 aliphatic heterocycles.